The zero-order valence-electron chi connectivity index (χ0n) is 16.8. The van der Waals surface area contributed by atoms with E-state index >= 15 is 0 Å². The number of hydrogen-bond donors (Lipinski definition) is 1. The van der Waals surface area contributed by atoms with Crippen LogP contribution in [0.5, 0.6) is 11.5 Å². The maximum absolute atomic E-state index is 6.52. The standard InChI is InChI=1S/C24H24Cl3NO2/c1-2-29-23-13-18(15-28-11-10-17-6-4-3-5-7-17)12-22(27)24(23)30-16-19-8-9-20(25)14-21(19)26/h3-9,12-14,28H,2,10-11,15-16H2,1H3. The molecule has 0 saturated heterocycles. The average Bonchev–Trinajstić information content (AvgIpc) is 2.73. The zero-order chi connectivity index (χ0) is 21.3. The lowest BCUT2D eigenvalue weighted by Crippen LogP contribution is -2.16. The lowest BCUT2D eigenvalue weighted by molar-refractivity contribution is 0.269. The number of ether oxygens (including phenoxy) is 2. The predicted octanol–water partition coefficient (Wildman–Crippen LogP) is 6.96. The summed E-state index contributed by atoms with van der Waals surface area (Å²) in [6.07, 6.45) is 0.968. The van der Waals surface area contributed by atoms with E-state index in [1.54, 1.807) is 12.1 Å². The van der Waals surface area contributed by atoms with Gasteiger partial charge in [-0.05, 0) is 55.3 Å². The molecule has 0 unspecified atom stereocenters. The van der Waals surface area contributed by atoms with Gasteiger partial charge >= 0.3 is 0 Å². The molecule has 0 aliphatic carbocycles. The Kier molecular flexibility index (Phi) is 8.71. The summed E-state index contributed by atoms with van der Waals surface area (Å²) in [4.78, 5) is 0. The molecule has 0 atom stereocenters. The van der Waals surface area contributed by atoms with E-state index in [9.17, 15) is 0 Å². The smallest absolute Gasteiger partial charge is 0.180 e. The number of benzene rings is 3. The number of hydrogen-bond acceptors (Lipinski definition) is 3. The van der Waals surface area contributed by atoms with E-state index in [0.717, 1.165) is 24.1 Å². The van der Waals surface area contributed by atoms with Gasteiger partial charge in [-0.3, -0.25) is 0 Å². The number of rotatable bonds is 10. The van der Waals surface area contributed by atoms with Gasteiger partial charge in [0, 0.05) is 22.2 Å². The molecular weight excluding hydrogens is 441 g/mol. The van der Waals surface area contributed by atoms with Crippen LogP contribution in [0.25, 0.3) is 0 Å². The molecule has 3 aromatic carbocycles. The molecule has 0 heterocycles. The van der Waals surface area contributed by atoms with Crippen LogP contribution in [0.1, 0.15) is 23.6 Å². The van der Waals surface area contributed by atoms with Crippen molar-refractivity contribution in [1.82, 2.24) is 5.32 Å². The van der Waals surface area contributed by atoms with Crippen molar-refractivity contribution in [3.8, 4) is 11.5 Å². The second-order valence-corrected chi connectivity index (χ2v) is 8.03. The second-order valence-electron chi connectivity index (χ2n) is 6.77. The summed E-state index contributed by atoms with van der Waals surface area (Å²) >= 11 is 18.7. The molecule has 6 heteroatoms. The first-order chi connectivity index (χ1) is 14.6. The summed E-state index contributed by atoms with van der Waals surface area (Å²) < 4.78 is 11.7. The lowest BCUT2D eigenvalue weighted by atomic mass is 10.1. The van der Waals surface area contributed by atoms with Gasteiger partial charge in [0.05, 0.1) is 11.6 Å². The van der Waals surface area contributed by atoms with Crippen molar-refractivity contribution in [2.75, 3.05) is 13.2 Å². The molecule has 0 radical (unpaired) electrons. The van der Waals surface area contributed by atoms with Crippen LogP contribution in [0, 0.1) is 0 Å². The van der Waals surface area contributed by atoms with Crippen LogP contribution < -0.4 is 14.8 Å². The van der Waals surface area contributed by atoms with Gasteiger partial charge in [-0.2, -0.15) is 0 Å². The van der Waals surface area contributed by atoms with E-state index in [1.165, 1.54) is 5.56 Å². The molecule has 0 bridgehead atoms. The minimum Gasteiger partial charge on any atom is -0.490 e. The third-order valence-electron chi connectivity index (χ3n) is 4.52. The van der Waals surface area contributed by atoms with Crippen molar-refractivity contribution in [3.63, 3.8) is 0 Å². The summed E-state index contributed by atoms with van der Waals surface area (Å²) in [5, 5.41) is 5.09. The third kappa shape index (κ3) is 6.55. The molecule has 0 aromatic heterocycles. The molecule has 158 valence electrons. The highest BCUT2D eigenvalue weighted by molar-refractivity contribution is 6.35. The van der Waals surface area contributed by atoms with Crippen LogP contribution in [0.2, 0.25) is 15.1 Å². The highest BCUT2D eigenvalue weighted by Gasteiger charge is 2.14. The summed E-state index contributed by atoms with van der Waals surface area (Å²) in [5.41, 5.74) is 3.17. The monoisotopic (exact) mass is 463 g/mol. The van der Waals surface area contributed by atoms with Crippen LogP contribution >= 0.6 is 34.8 Å². The first-order valence-corrected chi connectivity index (χ1v) is 11.0. The average molecular weight is 465 g/mol. The van der Waals surface area contributed by atoms with Gasteiger partial charge in [0.15, 0.2) is 11.5 Å². The minimum absolute atomic E-state index is 0.268. The SMILES string of the molecule is CCOc1cc(CNCCc2ccccc2)cc(Cl)c1OCc1ccc(Cl)cc1Cl. The normalized spacial score (nSPS) is 10.8. The Morgan fingerprint density at radius 1 is 0.833 bits per heavy atom. The highest BCUT2D eigenvalue weighted by Crippen LogP contribution is 2.37. The Balaban J connectivity index is 1.64. The number of nitrogens with one attached hydrogen (secondary N) is 1. The van der Waals surface area contributed by atoms with E-state index in [0.29, 0.717) is 39.7 Å². The summed E-state index contributed by atoms with van der Waals surface area (Å²) in [6, 6.07) is 19.6. The fourth-order valence-electron chi connectivity index (χ4n) is 3.03. The van der Waals surface area contributed by atoms with Crippen molar-refractivity contribution >= 4 is 34.8 Å². The summed E-state index contributed by atoms with van der Waals surface area (Å²) in [5.74, 6) is 1.13. The van der Waals surface area contributed by atoms with Crippen LogP contribution in [0.15, 0.2) is 60.7 Å². The van der Waals surface area contributed by atoms with Crippen LogP contribution in [-0.4, -0.2) is 13.2 Å². The molecule has 0 aliphatic heterocycles. The van der Waals surface area contributed by atoms with Crippen molar-refractivity contribution in [2.45, 2.75) is 26.5 Å². The first kappa shape index (κ1) is 22.8. The van der Waals surface area contributed by atoms with Gasteiger partial charge < -0.3 is 14.8 Å². The van der Waals surface area contributed by atoms with Gasteiger partial charge in [0.2, 0.25) is 0 Å². The highest BCUT2D eigenvalue weighted by atomic mass is 35.5. The molecule has 0 spiro atoms. The quantitative estimate of drug-likeness (QED) is 0.329. The van der Waals surface area contributed by atoms with E-state index in [1.807, 2.05) is 31.2 Å². The van der Waals surface area contributed by atoms with Gasteiger partial charge in [0.25, 0.3) is 0 Å². The van der Waals surface area contributed by atoms with Gasteiger partial charge in [-0.25, -0.2) is 0 Å². The maximum Gasteiger partial charge on any atom is 0.180 e. The molecule has 3 rings (SSSR count). The van der Waals surface area contributed by atoms with Gasteiger partial charge in [-0.1, -0.05) is 71.2 Å². The van der Waals surface area contributed by atoms with E-state index in [-0.39, 0.29) is 6.61 Å². The van der Waals surface area contributed by atoms with E-state index in [4.69, 9.17) is 44.3 Å². The zero-order valence-corrected chi connectivity index (χ0v) is 19.0. The lowest BCUT2D eigenvalue weighted by Gasteiger charge is -2.16. The summed E-state index contributed by atoms with van der Waals surface area (Å²) in [7, 11) is 0. The van der Waals surface area contributed by atoms with Crippen molar-refractivity contribution in [3.05, 3.63) is 92.4 Å². The fourth-order valence-corrected chi connectivity index (χ4v) is 3.78. The Bertz CT molecular complexity index is 964. The van der Waals surface area contributed by atoms with Crippen LogP contribution in [0.3, 0.4) is 0 Å². The molecule has 0 amide bonds. The van der Waals surface area contributed by atoms with Crippen LogP contribution in [0.4, 0.5) is 0 Å². The molecule has 0 saturated carbocycles. The Morgan fingerprint density at radius 2 is 1.63 bits per heavy atom. The molecule has 3 aromatic rings. The van der Waals surface area contributed by atoms with E-state index in [2.05, 4.69) is 29.6 Å². The van der Waals surface area contributed by atoms with Gasteiger partial charge in [-0.15, -0.1) is 0 Å². The minimum atomic E-state index is 0.268. The van der Waals surface area contributed by atoms with Gasteiger partial charge in [0.1, 0.15) is 6.61 Å². The first-order valence-electron chi connectivity index (χ1n) is 9.83. The Hall–Kier alpha value is -1.91. The molecular formula is C24H24Cl3NO2. The summed E-state index contributed by atoms with van der Waals surface area (Å²) in [6.45, 7) is 4.27. The Labute approximate surface area is 192 Å². The third-order valence-corrected chi connectivity index (χ3v) is 5.39. The maximum atomic E-state index is 6.52. The molecule has 0 fully saturated rings. The van der Waals surface area contributed by atoms with Crippen molar-refractivity contribution in [1.29, 1.82) is 0 Å². The molecule has 1 N–H and O–H groups in total. The molecule has 0 aliphatic rings. The molecule has 3 nitrogen and oxygen atoms in total. The van der Waals surface area contributed by atoms with Crippen molar-refractivity contribution < 1.29 is 9.47 Å². The molecule has 30 heavy (non-hydrogen) atoms. The second kappa shape index (κ2) is 11.5. The number of halogens is 3. The van der Waals surface area contributed by atoms with Crippen molar-refractivity contribution in [2.24, 2.45) is 0 Å². The fraction of sp³-hybridized carbons (Fsp3) is 0.250. The van der Waals surface area contributed by atoms with E-state index < -0.39 is 0 Å². The Morgan fingerprint density at radius 3 is 2.37 bits per heavy atom. The largest absolute Gasteiger partial charge is 0.490 e. The topological polar surface area (TPSA) is 30.5 Å². The van der Waals surface area contributed by atoms with Crippen LogP contribution in [-0.2, 0) is 19.6 Å². The predicted molar refractivity (Wildman–Crippen MR) is 125 cm³/mol.